The molecule has 35 heavy (non-hydrogen) atoms. The smallest absolute Gasteiger partial charge is 0.330 e. The van der Waals surface area contributed by atoms with E-state index in [9.17, 15) is 4.79 Å². The number of morpholine rings is 1. The van der Waals surface area contributed by atoms with Gasteiger partial charge in [0.25, 0.3) is 0 Å². The summed E-state index contributed by atoms with van der Waals surface area (Å²) in [6.07, 6.45) is 3.24. The minimum absolute atomic E-state index is 0.334. The molecular formula is C29H39N3O3. The van der Waals surface area contributed by atoms with Gasteiger partial charge in [0, 0.05) is 64.0 Å². The Morgan fingerprint density at radius 1 is 0.914 bits per heavy atom. The predicted molar refractivity (Wildman–Crippen MR) is 140 cm³/mol. The van der Waals surface area contributed by atoms with E-state index in [2.05, 4.69) is 81.8 Å². The van der Waals surface area contributed by atoms with E-state index in [4.69, 9.17) is 4.74 Å². The number of ether oxygens (including phenoxy) is 2. The highest BCUT2D eigenvalue weighted by Crippen LogP contribution is 2.22. The Balaban J connectivity index is 1.30. The SMILES string of the molecule is COC(=O)/C=C/c1ccc(CN2C[C@@H](C)N(Cc3cccc(CN4CCOCC4)c3)[C@@H](C)C2)cc1. The molecule has 0 saturated carbocycles. The molecule has 2 fully saturated rings. The van der Waals surface area contributed by atoms with Gasteiger partial charge >= 0.3 is 5.97 Å². The first-order valence-corrected chi connectivity index (χ1v) is 12.7. The van der Waals surface area contributed by atoms with Crippen molar-refractivity contribution < 1.29 is 14.3 Å². The molecule has 2 heterocycles. The summed E-state index contributed by atoms with van der Waals surface area (Å²) in [5.74, 6) is -0.334. The van der Waals surface area contributed by atoms with Crippen LogP contribution in [-0.2, 0) is 33.9 Å². The lowest BCUT2D eigenvalue weighted by atomic mass is 10.0. The molecule has 2 aliphatic heterocycles. The summed E-state index contributed by atoms with van der Waals surface area (Å²) in [7, 11) is 1.39. The second-order valence-electron chi connectivity index (χ2n) is 9.87. The molecule has 0 unspecified atom stereocenters. The number of hydrogen-bond acceptors (Lipinski definition) is 6. The molecule has 6 nitrogen and oxygen atoms in total. The maximum atomic E-state index is 11.3. The maximum Gasteiger partial charge on any atom is 0.330 e. The van der Waals surface area contributed by atoms with Crippen LogP contribution >= 0.6 is 0 Å². The second kappa shape index (κ2) is 12.5. The van der Waals surface area contributed by atoms with E-state index in [1.807, 2.05) is 0 Å². The van der Waals surface area contributed by atoms with Gasteiger partial charge in [-0.05, 0) is 42.2 Å². The number of esters is 1. The molecule has 0 aliphatic carbocycles. The van der Waals surface area contributed by atoms with Crippen LogP contribution in [0.15, 0.2) is 54.6 Å². The molecular weight excluding hydrogens is 438 g/mol. The fourth-order valence-electron chi connectivity index (χ4n) is 5.19. The van der Waals surface area contributed by atoms with Crippen molar-refractivity contribution in [3.05, 3.63) is 76.9 Å². The Hall–Kier alpha value is -2.51. The molecule has 2 aromatic rings. The van der Waals surface area contributed by atoms with Crippen LogP contribution in [0.4, 0.5) is 0 Å². The van der Waals surface area contributed by atoms with Crippen LogP contribution < -0.4 is 0 Å². The highest BCUT2D eigenvalue weighted by molar-refractivity contribution is 5.86. The Morgan fingerprint density at radius 3 is 2.20 bits per heavy atom. The van der Waals surface area contributed by atoms with E-state index in [1.165, 1.54) is 29.9 Å². The predicted octanol–water partition coefficient (Wildman–Crippen LogP) is 3.80. The third-order valence-electron chi connectivity index (χ3n) is 7.04. The van der Waals surface area contributed by atoms with Gasteiger partial charge in [-0.3, -0.25) is 14.7 Å². The molecule has 0 aromatic heterocycles. The first-order chi connectivity index (χ1) is 17.0. The molecule has 188 valence electrons. The molecule has 0 N–H and O–H groups in total. The fraction of sp³-hybridized carbons (Fsp3) is 0.483. The lowest BCUT2D eigenvalue weighted by molar-refractivity contribution is -0.134. The number of carbonyl (C=O) groups is 1. The zero-order valence-corrected chi connectivity index (χ0v) is 21.4. The lowest BCUT2D eigenvalue weighted by Crippen LogP contribution is -2.55. The molecule has 0 spiro atoms. The van der Waals surface area contributed by atoms with Crippen LogP contribution in [0, 0.1) is 0 Å². The van der Waals surface area contributed by atoms with Crippen molar-refractivity contribution in [3.8, 4) is 0 Å². The molecule has 2 aromatic carbocycles. The van der Waals surface area contributed by atoms with E-state index in [0.717, 1.165) is 64.6 Å². The topological polar surface area (TPSA) is 45.2 Å². The summed E-state index contributed by atoms with van der Waals surface area (Å²) in [6.45, 7) is 13.5. The van der Waals surface area contributed by atoms with Gasteiger partial charge in [-0.15, -0.1) is 0 Å². The van der Waals surface area contributed by atoms with Gasteiger partial charge in [0.1, 0.15) is 0 Å². The number of benzene rings is 2. The quantitative estimate of drug-likeness (QED) is 0.426. The summed E-state index contributed by atoms with van der Waals surface area (Å²) in [6, 6.07) is 18.5. The molecule has 6 heteroatoms. The first-order valence-electron chi connectivity index (χ1n) is 12.7. The van der Waals surface area contributed by atoms with Crippen molar-refractivity contribution in [1.29, 1.82) is 0 Å². The van der Waals surface area contributed by atoms with Gasteiger partial charge < -0.3 is 9.47 Å². The van der Waals surface area contributed by atoms with Crippen LogP contribution in [-0.4, -0.2) is 79.3 Å². The zero-order chi connectivity index (χ0) is 24.6. The van der Waals surface area contributed by atoms with Gasteiger partial charge in [0.15, 0.2) is 0 Å². The van der Waals surface area contributed by atoms with Crippen molar-refractivity contribution in [2.75, 3.05) is 46.5 Å². The van der Waals surface area contributed by atoms with Gasteiger partial charge in [-0.1, -0.05) is 48.5 Å². The number of methoxy groups -OCH3 is 1. The normalized spacial score (nSPS) is 22.5. The molecule has 2 atom stereocenters. The van der Waals surface area contributed by atoms with Crippen molar-refractivity contribution in [3.63, 3.8) is 0 Å². The third-order valence-corrected chi connectivity index (χ3v) is 7.04. The molecule has 0 bridgehead atoms. The minimum Gasteiger partial charge on any atom is -0.466 e. The maximum absolute atomic E-state index is 11.3. The van der Waals surface area contributed by atoms with Crippen LogP contribution in [0.2, 0.25) is 0 Å². The fourth-order valence-corrected chi connectivity index (χ4v) is 5.19. The van der Waals surface area contributed by atoms with E-state index in [0.29, 0.717) is 12.1 Å². The summed E-state index contributed by atoms with van der Waals surface area (Å²) in [4.78, 5) is 19.0. The minimum atomic E-state index is -0.334. The summed E-state index contributed by atoms with van der Waals surface area (Å²) >= 11 is 0. The third kappa shape index (κ3) is 7.48. The van der Waals surface area contributed by atoms with E-state index < -0.39 is 0 Å². The van der Waals surface area contributed by atoms with E-state index >= 15 is 0 Å². The van der Waals surface area contributed by atoms with Crippen LogP contribution in [0.3, 0.4) is 0 Å². The molecule has 2 aliphatic rings. The van der Waals surface area contributed by atoms with Gasteiger partial charge in [0.2, 0.25) is 0 Å². The summed E-state index contributed by atoms with van der Waals surface area (Å²) < 4.78 is 10.1. The average Bonchev–Trinajstić information content (AvgIpc) is 2.86. The van der Waals surface area contributed by atoms with Gasteiger partial charge in [-0.25, -0.2) is 4.79 Å². The Kier molecular flexibility index (Phi) is 9.10. The summed E-state index contributed by atoms with van der Waals surface area (Å²) in [5.41, 5.74) is 5.09. The van der Waals surface area contributed by atoms with Crippen molar-refractivity contribution >= 4 is 12.0 Å². The Bertz CT molecular complexity index is 973. The van der Waals surface area contributed by atoms with Crippen LogP contribution in [0.5, 0.6) is 0 Å². The van der Waals surface area contributed by atoms with E-state index in [-0.39, 0.29) is 5.97 Å². The highest BCUT2D eigenvalue weighted by Gasteiger charge is 2.29. The number of hydrogen-bond donors (Lipinski definition) is 0. The number of piperazine rings is 1. The molecule has 0 radical (unpaired) electrons. The molecule has 4 rings (SSSR count). The van der Waals surface area contributed by atoms with E-state index in [1.54, 1.807) is 6.08 Å². The van der Waals surface area contributed by atoms with Crippen LogP contribution in [0.1, 0.15) is 36.1 Å². The second-order valence-corrected chi connectivity index (χ2v) is 9.87. The number of rotatable bonds is 8. The summed E-state index contributed by atoms with van der Waals surface area (Å²) in [5, 5.41) is 0. The number of nitrogens with zero attached hydrogens (tertiary/aromatic N) is 3. The number of carbonyl (C=O) groups excluding carboxylic acids is 1. The van der Waals surface area contributed by atoms with Crippen molar-refractivity contribution in [2.45, 2.75) is 45.6 Å². The van der Waals surface area contributed by atoms with Gasteiger partial charge in [-0.2, -0.15) is 0 Å². The van der Waals surface area contributed by atoms with Crippen molar-refractivity contribution in [2.24, 2.45) is 0 Å². The van der Waals surface area contributed by atoms with Crippen LogP contribution in [0.25, 0.3) is 6.08 Å². The zero-order valence-electron chi connectivity index (χ0n) is 21.4. The Morgan fingerprint density at radius 2 is 1.54 bits per heavy atom. The largest absolute Gasteiger partial charge is 0.466 e. The monoisotopic (exact) mass is 477 g/mol. The van der Waals surface area contributed by atoms with Gasteiger partial charge in [0.05, 0.1) is 20.3 Å². The first kappa shape index (κ1) is 25.6. The highest BCUT2D eigenvalue weighted by atomic mass is 16.5. The Labute approximate surface area is 210 Å². The average molecular weight is 478 g/mol. The molecule has 2 saturated heterocycles. The standard InChI is InChI=1S/C29H39N3O3/c1-23-18-31(20-26-9-7-25(8-10-26)11-12-29(33)34-3)19-24(2)32(23)22-28-6-4-5-27(17-28)21-30-13-15-35-16-14-30/h4-12,17,23-24H,13-16,18-22H2,1-3H3/b12-11+/t23-,24+. The lowest BCUT2D eigenvalue weighted by Gasteiger charge is -2.44. The molecule has 0 amide bonds. The van der Waals surface area contributed by atoms with Crippen molar-refractivity contribution in [1.82, 2.24) is 14.7 Å².